The molecule has 4 nitrogen and oxygen atoms in total. The summed E-state index contributed by atoms with van der Waals surface area (Å²) in [5, 5.41) is 20.0. The highest BCUT2D eigenvalue weighted by Gasteiger charge is 2.28. The van der Waals surface area contributed by atoms with Crippen LogP contribution in [0, 0.1) is 0 Å². The highest BCUT2D eigenvalue weighted by Crippen LogP contribution is 2.53. The third-order valence-corrected chi connectivity index (χ3v) is 28.7. The van der Waals surface area contributed by atoms with E-state index in [0.717, 1.165) is 56.5 Å². The molecule has 0 radical (unpaired) electrons. The number of anilines is 6. The van der Waals surface area contributed by atoms with E-state index in [0.29, 0.717) is 0 Å². The summed E-state index contributed by atoms with van der Waals surface area (Å²) < 4.78 is 10.0. The van der Waals surface area contributed by atoms with Crippen LogP contribution >= 0.6 is 22.7 Å². The molecule has 0 aliphatic rings. The molecular weight excluding hydrogens is 1610 g/mol. The van der Waals surface area contributed by atoms with E-state index in [1.807, 2.05) is 22.7 Å². The molecule has 0 saturated heterocycles. The molecule has 0 spiro atoms. The third-order valence-electron chi connectivity index (χ3n) is 26.4. The van der Waals surface area contributed by atoms with Crippen LogP contribution in [0.2, 0.25) is 0 Å². The Hall–Kier alpha value is -16.5. The molecule has 0 amide bonds. The molecule has 6 heteroatoms. The SMILES string of the molecule is c1ccc(-n2c3ccccc3c3cc(-c4ccc5sc6ccccc6c5c4)c(N(c4ccc(-c5cccc6ccccc56)cc4)c4ccc(-c5cccc6ccccc56)cc4)cc32)cc1.c1ccc(-n2c3ccccc3c3cc(-c4cccc5sc6ccccc6c45)c(N(c4ccc(-c5cccc6ccccc56)cc4)c4ccc(-c5cccc6ccccc56)cc4)cc32)cc1. The van der Waals surface area contributed by atoms with Crippen molar-refractivity contribution in [1.82, 2.24) is 9.13 Å². The van der Waals surface area contributed by atoms with Gasteiger partial charge in [0, 0.05) is 107 Å². The number of nitrogens with zero attached hydrogens (tertiary/aromatic N) is 4. The van der Waals surface area contributed by atoms with Crippen LogP contribution in [0.4, 0.5) is 34.1 Å². The summed E-state index contributed by atoms with van der Waals surface area (Å²) in [6, 6.07) is 178. The normalized spacial score (nSPS) is 11.7. The van der Waals surface area contributed by atoms with Crippen LogP contribution in [-0.2, 0) is 0 Å². The summed E-state index contributed by atoms with van der Waals surface area (Å²) in [6.45, 7) is 0. The van der Waals surface area contributed by atoms with E-state index in [-0.39, 0.29) is 0 Å². The molecule has 0 fully saturated rings. The van der Waals surface area contributed by atoms with Crippen molar-refractivity contribution in [3.63, 3.8) is 0 Å². The summed E-state index contributed by atoms with van der Waals surface area (Å²) >= 11 is 3.73. The van der Waals surface area contributed by atoms with E-state index in [9.17, 15) is 0 Å². The lowest BCUT2D eigenvalue weighted by molar-refractivity contribution is 1.18. The van der Waals surface area contributed by atoms with Crippen molar-refractivity contribution in [3.05, 3.63) is 485 Å². The molecule has 130 heavy (non-hydrogen) atoms. The van der Waals surface area contributed by atoms with Gasteiger partial charge in [0.25, 0.3) is 0 Å². The van der Waals surface area contributed by atoms with Crippen LogP contribution in [0.3, 0.4) is 0 Å². The van der Waals surface area contributed by atoms with Gasteiger partial charge in [-0.15, -0.1) is 22.7 Å². The maximum Gasteiger partial charge on any atom is 0.0562 e. The number of fused-ring (bicyclic) bond motifs is 16. The van der Waals surface area contributed by atoms with Gasteiger partial charge in [-0.25, -0.2) is 0 Å². The van der Waals surface area contributed by atoms with Gasteiger partial charge in [0.2, 0.25) is 0 Å². The highest BCUT2D eigenvalue weighted by molar-refractivity contribution is 7.26. The number of thiophene rings is 2. The topological polar surface area (TPSA) is 16.3 Å². The second-order valence-electron chi connectivity index (χ2n) is 33.7. The van der Waals surface area contributed by atoms with Crippen LogP contribution in [0.15, 0.2) is 485 Å². The van der Waals surface area contributed by atoms with Gasteiger partial charge in [-0.1, -0.05) is 346 Å². The Bertz CT molecular complexity index is 8640. The van der Waals surface area contributed by atoms with E-state index in [2.05, 4.69) is 504 Å². The first kappa shape index (κ1) is 76.0. The predicted octanol–water partition coefficient (Wildman–Crippen LogP) is 35.9. The monoisotopic (exact) mass is 1690 g/mol. The summed E-state index contributed by atoms with van der Waals surface area (Å²) in [4.78, 5) is 4.95. The Balaban J connectivity index is 0.000000140. The van der Waals surface area contributed by atoms with E-state index in [4.69, 9.17) is 0 Å². The van der Waals surface area contributed by atoms with Crippen LogP contribution < -0.4 is 9.80 Å². The quantitative estimate of drug-likeness (QED) is 0.108. The molecule has 0 saturated carbocycles. The second-order valence-corrected chi connectivity index (χ2v) is 35.9. The molecule has 608 valence electrons. The molecular formula is C124H80N4S2. The number of aromatic nitrogens is 2. The zero-order valence-corrected chi connectivity index (χ0v) is 72.4. The summed E-state index contributed by atoms with van der Waals surface area (Å²) in [5.74, 6) is 0. The molecule has 0 bridgehead atoms. The van der Waals surface area contributed by atoms with Crippen molar-refractivity contribution < 1.29 is 0 Å². The van der Waals surface area contributed by atoms with E-state index < -0.39 is 0 Å². The van der Waals surface area contributed by atoms with Crippen molar-refractivity contribution in [2.24, 2.45) is 0 Å². The van der Waals surface area contributed by atoms with Crippen molar-refractivity contribution in [2.75, 3.05) is 9.80 Å². The van der Waals surface area contributed by atoms with Gasteiger partial charge in [0.1, 0.15) is 0 Å². The van der Waals surface area contributed by atoms with Gasteiger partial charge in [-0.3, -0.25) is 0 Å². The zero-order chi connectivity index (χ0) is 85.7. The van der Waals surface area contributed by atoms with Crippen molar-refractivity contribution in [1.29, 1.82) is 0 Å². The fourth-order valence-corrected chi connectivity index (χ4v) is 22.6. The summed E-state index contributed by atoms with van der Waals surface area (Å²) in [6.07, 6.45) is 0. The standard InChI is InChI=1S/2C62H40N2S/c1-2-19-45(20-3-1)64-57-28-10-8-23-52(57)55-39-56(53-27-14-30-61-62(53)54-24-9-11-29-60(54)65-61)58(40-59(55)64)63(46-35-31-43(32-36-46)50-25-12-17-41-15-4-6-21-48(41)50)47-37-33-44(34-38-47)51-26-13-18-42-16-5-7-22-49(42)51;1-2-18-46(19-3-1)64-58-26-10-8-22-53(58)56-39-55(45-32-37-62-57(38-45)54-23-9-11-27-61(54)65-62)59(40-60(56)64)63(47-33-28-43(29-34-47)51-24-12-16-41-14-4-6-20-49(41)51)48-35-30-44(31-36-48)52-25-13-17-42-15-5-7-21-50(42)52/h2*1-40H. The minimum Gasteiger partial charge on any atom is -0.310 e. The van der Waals surface area contributed by atoms with Gasteiger partial charge in [-0.2, -0.15) is 0 Å². The molecule has 22 aromatic carbocycles. The Labute approximate surface area is 760 Å². The lowest BCUT2D eigenvalue weighted by Gasteiger charge is -2.29. The van der Waals surface area contributed by atoms with Gasteiger partial charge in [0.05, 0.1) is 33.4 Å². The number of rotatable bonds is 14. The first-order valence-electron chi connectivity index (χ1n) is 44.5. The Kier molecular flexibility index (Phi) is 18.6. The lowest BCUT2D eigenvalue weighted by atomic mass is 9.94. The molecule has 26 aromatic rings. The first-order chi connectivity index (χ1) is 64.5. The molecule has 0 atom stereocenters. The van der Waals surface area contributed by atoms with Crippen molar-refractivity contribution in [3.8, 4) is 78.1 Å². The lowest BCUT2D eigenvalue weighted by Crippen LogP contribution is -2.11. The minimum atomic E-state index is 1.08. The summed E-state index contributed by atoms with van der Waals surface area (Å²) in [7, 11) is 0. The third kappa shape index (κ3) is 13.1. The molecule has 26 rings (SSSR count). The minimum absolute atomic E-state index is 1.08. The van der Waals surface area contributed by atoms with E-state index in [1.165, 1.54) is 183 Å². The maximum absolute atomic E-state index is 2.48. The Morgan fingerprint density at radius 1 is 0.162 bits per heavy atom. The fourth-order valence-electron chi connectivity index (χ4n) is 20.4. The van der Waals surface area contributed by atoms with Crippen molar-refractivity contribution in [2.45, 2.75) is 0 Å². The smallest absolute Gasteiger partial charge is 0.0562 e. The molecule has 4 aromatic heterocycles. The van der Waals surface area contributed by atoms with Crippen LogP contribution in [0.25, 0.3) is 205 Å². The number of benzene rings is 22. The maximum atomic E-state index is 2.48. The molecule has 0 unspecified atom stereocenters. The molecule has 0 aliphatic carbocycles. The Morgan fingerprint density at radius 2 is 0.462 bits per heavy atom. The van der Waals surface area contributed by atoms with Crippen molar-refractivity contribution >= 4 is 184 Å². The Morgan fingerprint density at radius 3 is 0.892 bits per heavy atom. The van der Waals surface area contributed by atoms with Crippen LogP contribution in [-0.4, -0.2) is 9.13 Å². The molecule has 4 heterocycles. The van der Waals surface area contributed by atoms with Gasteiger partial charge in [0.15, 0.2) is 0 Å². The number of hydrogen-bond acceptors (Lipinski definition) is 4. The summed E-state index contributed by atoms with van der Waals surface area (Å²) in [5.41, 5.74) is 27.9. The average molecular weight is 1690 g/mol. The predicted molar refractivity (Wildman–Crippen MR) is 559 cm³/mol. The van der Waals surface area contributed by atoms with Crippen LogP contribution in [0.1, 0.15) is 0 Å². The largest absolute Gasteiger partial charge is 0.310 e. The molecule has 0 aliphatic heterocycles. The highest BCUT2D eigenvalue weighted by atomic mass is 32.1. The van der Waals surface area contributed by atoms with Gasteiger partial charge >= 0.3 is 0 Å². The number of hydrogen-bond donors (Lipinski definition) is 0. The molecule has 0 N–H and O–H groups in total. The van der Waals surface area contributed by atoms with Gasteiger partial charge in [-0.05, 0) is 238 Å². The average Bonchev–Trinajstić information content (AvgIpc) is 1.56. The first-order valence-corrected chi connectivity index (χ1v) is 46.1. The van der Waals surface area contributed by atoms with Gasteiger partial charge < -0.3 is 18.9 Å². The van der Waals surface area contributed by atoms with Crippen LogP contribution in [0.5, 0.6) is 0 Å². The number of para-hydroxylation sites is 4. The second kappa shape index (κ2) is 31.9. The zero-order valence-electron chi connectivity index (χ0n) is 70.8. The fraction of sp³-hybridized carbons (Fsp3) is 0. The van der Waals surface area contributed by atoms with E-state index >= 15 is 0 Å². The van der Waals surface area contributed by atoms with E-state index in [1.54, 1.807) is 0 Å².